The largest absolute Gasteiger partial charge is 0.497 e. The molecule has 3 aromatic rings. The van der Waals surface area contributed by atoms with Crippen molar-refractivity contribution in [3.8, 4) is 5.75 Å². The minimum absolute atomic E-state index is 0.0986. The molecule has 0 radical (unpaired) electrons. The molecule has 0 aromatic heterocycles. The molecule has 3 aromatic carbocycles. The van der Waals surface area contributed by atoms with Gasteiger partial charge in [0.15, 0.2) is 0 Å². The fourth-order valence-corrected chi connectivity index (χ4v) is 4.27. The van der Waals surface area contributed by atoms with Gasteiger partial charge in [-0.1, -0.05) is 54.1 Å². The van der Waals surface area contributed by atoms with Crippen LogP contribution in [0.4, 0.5) is 4.39 Å². The summed E-state index contributed by atoms with van der Waals surface area (Å²) in [6, 6.07) is 22.3. The number of hydrogen-bond donors (Lipinski definition) is 0. The maximum absolute atomic E-state index is 14.7. The molecule has 0 amide bonds. The third kappa shape index (κ3) is 3.01. The molecule has 0 fully saturated rings. The summed E-state index contributed by atoms with van der Waals surface area (Å²) in [6.45, 7) is 2.03. The van der Waals surface area contributed by atoms with E-state index in [1.807, 2.05) is 31.2 Å². The number of rotatable bonds is 3. The van der Waals surface area contributed by atoms with Crippen LogP contribution in [0.5, 0.6) is 5.75 Å². The van der Waals surface area contributed by atoms with Gasteiger partial charge in [0.2, 0.25) is 0 Å². The van der Waals surface area contributed by atoms with Crippen LogP contribution < -0.4 is 4.74 Å². The van der Waals surface area contributed by atoms with Gasteiger partial charge >= 0.3 is 0 Å². The van der Waals surface area contributed by atoms with Gasteiger partial charge in [-0.05, 0) is 66.1 Å². The molecule has 0 aliphatic heterocycles. The fourth-order valence-electron chi connectivity index (χ4n) is 4.27. The lowest BCUT2D eigenvalue weighted by molar-refractivity contribution is 0.414. The van der Waals surface area contributed by atoms with Gasteiger partial charge in [0.1, 0.15) is 11.6 Å². The number of aryl methyl sites for hydroxylation is 2. The molecule has 26 heavy (non-hydrogen) atoms. The van der Waals surface area contributed by atoms with Crippen LogP contribution in [-0.2, 0) is 6.42 Å². The van der Waals surface area contributed by atoms with Gasteiger partial charge < -0.3 is 4.74 Å². The Morgan fingerprint density at radius 1 is 0.923 bits per heavy atom. The highest BCUT2D eigenvalue weighted by atomic mass is 19.1. The molecule has 4 rings (SSSR count). The van der Waals surface area contributed by atoms with E-state index in [1.165, 1.54) is 16.7 Å². The zero-order chi connectivity index (χ0) is 18.1. The lowest BCUT2D eigenvalue weighted by atomic mass is 9.69. The molecule has 1 aliphatic rings. The predicted octanol–water partition coefficient (Wildman–Crippen LogP) is 6.00. The quantitative estimate of drug-likeness (QED) is 0.565. The number of fused-ring (bicyclic) bond motifs is 1. The number of methoxy groups -OCH3 is 1. The Morgan fingerprint density at radius 2 is 1.69 bits per heavy atom. The van der Waals surface area contributed by atoms with E-state index in [4.69, 9.17) is 4.74 Å². The van der Waals surface area contributed by atoms with E-state index >= 15 is 0 Å². The highest BCUT2D eigenvalue weighted by Gasteiger charge is 2.33. The lowest BCUT2D eigenvalue weighted by Crippen LogP contribution is -2.21. The van der Waals surface area contributed by atoms with Crippen LogP contribution in [-0.4, -0.2) is 7.11 Å². The van der Waals surface area contributed by atoms with Gasteiger partial charge in [0.25, 0.3) is 0 Å². The first-order valence-corrected chi connectivity index (χ1v) is 9.15. The van der Waals surface area contributed by atoms with Crippen LogP contribution in [0.15, 0.2) is 66.7 Å². The van der Waals surface area contributed by atoms with E-state index in [2.05, 4.69) is 36.4 Å². The van der Waals surface area contributed by atoms with E-state index in [1.54, 1.807) is 13.2 Å². The SMILES string of the molecule is COc1ccc([C@@H]2c3ccccc3CC[C@H]2c2cc(C)ccc2F)cc1. The standard InChI is InChI=1S/C24H23FO/c1-16-7-14-23(25)22(15-16)21-13-10-17-5-3-4-6-20(17)24(21)18-8-11-19(26-2)12-9-18/h3-9,11-12,14-15,21,24H,10,13H2,1-2H3/t21-,24+/m0/s1. The van der Waals surface area contributed by atoms with Crippen molar-refractivity contribution in [2.45, 2.75) is 31.6 Å². The summed E-state index contributed by atoms with van der Waals surface area (Å²) in [4.78, 5) is 0. The van der Waals surface area contributed by atoms with Gasteiger partial charge in [0.05, 0.1) is 7.11 Å². The first-order chi connectivity index (χ1) is 12.7. The minimum Gasteiger partial charge on any atom is -0.497 e. The summed E-state index contributed by atoms with van der Waals surface area (Å²) in [6.07, 6.45) is 1.94. The van der Waals surface area contributed by atoms with Crippen molar-refractivity contribution in [2.75, 3.05) is 7.11 Å². The number of benzene rings is 3. The Balaban J connectivity index is 1.86. The van der Waals surface area contributed by atoms with Crippen molar-refractivity contribution in [3.63, 3.8) is 0 Å². The van der Waals surface area contributed by atoms with Gasteiger partial charge in [0, 0.05) is 5.92 Å². The highest BCUT2D eigenvalue weighted by molar-refractivity contribution is 5.46. The number of ether oxygens (including phenoxy) is 1. The van der Waals surface area contributed by atoms with E-state index in [0.29, 0.717) is 0 Å². The molecule has 0 saturated heterocycles. The van der Waals surface area contributed by atoms with E-state index < -0.39 is 0 Å². The Morgan fingerprint density at radius 3 is 2.46 bits per heavy atom. The lowest BCUT2D eigenvalue weighted by Gasteiger charge is -2.35. The van der Waals surface area contributed by atoms with E-state index in [0.717, 1.165) is 29.7 Å². The summed E-state index contributed by atoms with van der Waals surface area (Å²) in [7, 11) is 1.68. The third-order valence-electron chi connectivity index (χ3n) is 5.54. The molecular formula is C24H23FO. The molecule has 2 heteroatoms. The van der Waals surface area contributed by atoms with Crippen LogP contribution in [0.1, 0.15) is 46.1 Å². The second kappa shape index (κ2) is 6.95. The molecule has 0 heterocycles. The average molecular weight is 346 g/mol. The molecule has 0 N–H and O–H groups in total. The molecule has 1 aliphatic carbocycles. The maximum atomic E-state index is 14.7. The molecule has 0 bridgehead atoms. The van der Waals surface area contributed by atoms with Gasteiger partial charge in [-0.2, -0.15) is 0 Å². The van der Waals surface area contributed by atoms with Crippen molar-refractivity contribution < 1.29 is 9.13 Å². The van der Waals surface area contributed by atoms with Crippen LogP contribution >= 0.6 is 0 Å². The average Bonchev–Trinajstić information content (AvgIpc) is 2.69. The Hall–Kier alpha value is -2.61. The molecule has 132 valence electrons. The fraction of sp³-hybridized carbons (Fsp3) is 0.250. The zero-order valence-corrected chi connectivity index (χ0v) is 15.2. The van der Waals surface area contributed by atoms with E-state index in [-0.39, 0.29) is 17.7 Å². The van der Waals surface area contributed by atoms with Crippen LogP contribution in [0.25, 0.3) is 0 Å². The summed E-state index contributed by atoms with van der Waals surface area (Å²) in [5.74, 6) is 1.04. The van der Waals surface area contributed by atoms with Crippen molar-refractivity contribution in [2.24, 2.45) is 0 Å². The van der Waals surface area contributed by atoms with Gasteiger partial charge in [-0.3, -0.25) is 0 Å². The van der Waals surface area contributed by atoms with Crippen LogP contribution in [0, 0.1) is 12.7 Å². The van der Waals surface area contributed by atoms with Gasteiger partial charge in [-0.25, -0.2) is 4.39 Å². The summed E-state index contributed by atoms with van der Waals surface area (Å²) < 4.78 is 20.0. The highest BCUT2D eigenvalue weighted by Crippen LogP contribution is 2.47. The summed E-state index contributed by atoms with van der Waals surface area (Å²) in [5, 5.41) is 0. The molecule has 2 atom stereocenters. The Kier molecular flexibility index (Phi) is 4.50. The summed E-state index contributed by atoms with van der Waals surface area (Å²) in [5.41, 5.74) is 5.84. The number of hydrogen-bond acceptors (Lipinski definition) is 1. The first-order valence-electron chi connectivity index (χ1n) is 9.15. The second-order valence-electron chi connectivity index (χ2n) is 7.12. The number of halogens is 1. The topological polar surface area (TPSA) is 9.23 Å². The Bertz CT molecular complexity index is 914. The first kappa shape index (κ1) is 16.8. The smallest absolute Gasteiger partial charge is 0.126 e. The van der Waals surface area contributed by atoms with Crippen LogP contribution in [0.2, 0.25) is 0 Å². The van der Waals surface area contributed by atoms with Crippen LogP contribution in [0.3, 0.4) is 0 Å². The monoisotopic (exact) mass is 346 g/mol. The van der Waals surface area contributed by atoms with E-state index in [9.17, 15) is 4.39 Å². The van der Waals surface area contributed by atoms with Gasteiger partial charge in [-0.15, -0.1) is 0 Å². The zero-order valence-electron chi connectivity index (χ0n) is 15.2. The summed E-state index contributed by atoms with van der Waals surface area (Å²) >= 11 is 0. The molecule has 0 saturated carbocycles. The van der Waals surface area contributed by atoms with Crippen molar-refractivity contribution in [3.05, 3.63) is 100 Å². The van der Waals surface area contributed by atoms with Crippen molar-refractivity contribution >= 4 is 0 Å². The Labute approximate surface area is 154 Å². The molecule has 1 nitrogen and oxygen atoms in total. The molecule has 0 spiro atoms. The third-order valence-corrected chi connectivity index (χ3v) is 5.54. The maximum Gasteiger partial charge on any atom is 0.126 e. The van der Waals surface area contributed by atoms with Crippen molar-refractivity contribution in [1.82, 2.24) is 0 Å². The van der Waals surface area contributed by atoms with Crippen molar-refractivity contribution in [1.29, 1.82) is 0 Å². The molecule has 0 unspecified atom stereocenters. The second-order valence-corrected chi connectivity index (χ2v) is 7.12. The molecular weight excluding hydrogens is 323 g/mol. The predicted molar refractivity (Wildman–Crippen MR) is 103 cm³/mol. The minimum atomic E-state index is -0.0986. The normalized spacial score (nSPS) is 19.0.